The van der Waals surface area contributed by atoms with Crippen molar-refractivity contribution in [2.24, 2.45) is 5.73 Å². The van der Waals surface area contributed by atoms with Crippen LogP contribution in [0.1, 0.15) is 72.1 Å². The predicted molar refractivity (Wildman–Crippen MR) is 133 cm³/mol. The first-order chi connectivity index (χ1) is 17.6. The lowest BCUT2D eigenvalue weighted by molar-refractivity contribution is -0.136. The number of imide groups is 2. The van der Waals surface area contributed by atoms with Crippen molar-refractivity contribution < 1.29 is 29.1 Å². The van der Waals surface area contributed by atoms with Crippen LogP contribution in [0.15, 0.2) is 18.2 Å². The first-order valence-electron chi connectivity index (χ1n) is 13.0. The number of anilines is 1. The molecule has 5 rings (SSSR count). The van der Waals surface area contributed by atoms with Crippen LogP contribution in [0, 0.1) is 0 Å². The number of piperidine rings is 3. The highest BCUT2D eigenvalue weighted by Crippen LogP contribution is 2.34. The Kier molecular flexibility index (Phi) is 6.76. The van der Waals surface area contributed by atoms with Gasteiger partial charge in [-0.15, -0.1) is 0 Å². The van der Waals surface area contributed by atoms with Gasteiger partial charge in [-0.1, -0.05) is 0 Å². The lowest BCUT2D eigenvalue weighted by Crippen LogP contribution is -2.54. The van der Waals surface area contributed by atoms with Crippen LogP contribution in [0.4, 0.5) is 5.69 Å². The number of nitrogens with one attached hydrogen (secondary N) is 1. The van der Waals surface area contributed by atoms with Crippen LogP contribution in [0.3, 0.4) is 0 Å². The fourth-order valence-corrected chi connectivity index (χ4v) is 5.73. The Labute approximate surface area is 214 Å². The van der Waals surface area contributed by atoms with Gasteiger partial charge in [-0.2, -0.15) is 0 Å². The van der Waals surface area contributed by atoms with Crippen molar-refractivity contribution in [1.29, 1.82) is 0 Å². The van der Waals surface area contributed by atoms with E-state index in [2.05, 4.69) is 10.2 Å². The molecule has 0 bridgehead atoms. The van der Waals surface area contributed by atoms with E-state index < -0.39 is 35.3 Å². The molecule has 3 fully saturated rings. The van der Waals surface area contributed by atoms with Crippen molar-refractivity contribution >= 4 is 35.2 Å². The highest BCUT2D eigenvalue weighted by molar-refractivity contribution is 6.23. The number of amides is 5. The highest BCUT2D eigenvalue weighted by atomic mass is 16.3. The van der Waals surface area contributed by atoms with Gasteiger partial charge in [0.15, 0.2) is 0 Å². The van der Waals surface area contributed by atoms with Crippen molar-refractivity contribution in [3.8, 4) is 0 Å². The summed E-state index contributed by atoms with van der Waals surface area (Å²) in [6, 6.07) is 4.19. The summed E-state index contributed by atoms with van der Waals surface area (Å²) in [6.07, 6.45) is 3.48. The zero-order chi connectivity index (χ0) is 26.3. The molecular formula is C26H33N5O6. The molecule has 0 spiro atoms. The summed E-state index contributed by atoms with van der Waals surface area (Å²) >= 11 is 0. The van der Waals surface area contributed by atoms with Gasteiger partial charge in [0.1, 0.15) is 6.04 Å². The Morgan fingerprint density at radius 1 is 1.00 bits per heavy atom. The number of nitrogens with zero attached hydrogens (tertiary/aromatic N) is 3. The lowest BCUT2D eigenvalue weighted by Gasteiger charge is -2.40. The molecule has 1 aromatic rings. The summed E-state index contributed by atoms with van der Waals surface area (Å²) < 4.78 is 0. The maximum atomic E-state index is 13.1. The topological polar surface area (TPSA) is 153 Å². The Balaban J connectivity index is 1.19. The molecule has 37 heavy (non-hydrogen) atoms. The number of benzene rings is 1. The molecular weight excluding hydrogens is 478 g/mol. The van der Waals surface area contributed by atoms with Gasteiger partial charge in [0.05, 0.1) is 16.7 Å². The summed E-state index contributed by atoms with van der Waals surface area (Å²) in [5, 5.41) is 13.3. The van der Waals surface area contributed by atoms with Crippen molar-refractivity contribution in [2.45, 2.75) is 69.1 Å². The summed E-state index contributed by atoms with van der Waals surface area (Å²) in [5.74, 6) is -2.06. The average Bonchev–Trinajstić information content (AvgIpc) is 3.13. The highest BCUT2D eigenvalue weighted by Gasteiger charge is 2.45. The van der Waals surface area contributed by atoms with Crippen LogP contribution in [-0.4, -0.2) is 88.3 Å². The van der Waals surface area contributed by atoms with Crippen LogP contribution in [0.2, 0.25) is 0 Å². The molecule has 4 N–H and O–H groups in total. The van der Waals surface area contributed by atoms with Gasteiger partial charge in [-0.25, -0.2) is 0 Å². The summed E-state index contributed by atoms with van der Waals surface area (Å²) in [4.78, 5) is 67.2. The van der Waals surface area contributed by atoms with E-state index in [1.165, 1.54) is 0 Å². The quantitative estimate of drug-likeness (QED) is 0.472. The molecule has 1 aromatic carbocycles. The summed E-state index contributed by atoms with van der Waals surface area (Å²) in [6.45, 7) is 2.43. The van der Waals surface area contributed by atoms with Crippen molar-refractivity contribution in [2.75, 3.05) is 31.1 Å². The second-order valence-corrected chi connectivity index (χ2v) is 10.6. The van der Waals surface area contributed by atoms with E-state index >= 15 is 0 Å². The minimum absolute atomic E-state index is 0.0603. The number of likely N-dealkylation sites (tertiary alicyclic amines) is 1. The number of aliphatic hydroxyl groups is 1. The van der Waals surface area contributed by atoms with Crippen LogP contribution in [0.25, 0.3) is 0 Å². The smallest absolute Gasteiger partial charge is 0.262 e. The van der Waals surface area contributed by atoms with E-state index in [9.17, 15) is 29.1 Å². The zero-order valence-electron chi connectivity index (χ0n) is 20.8. The average molecular weight is 512 g/mol. The van der Waals surface area contributed by atoms with Gasteiger partial charge in [0.25, 0.3) is 11.8 Å². The molecule has 11 heteroatoms. The maximum absolute atomic E-state index is 13.1. The van der Waals surface area contributed by atoms with Gasteiger partial charge in [-0.05, 0) is 56.7 Å². The number of hydrogen-bond donors (Lipinski definition) is 3. The number of carbonyl (C=O) groups excluding carboxylic acids is 5. The summed E-state index contributed by atoms with van der Waals surface area (Å²) in [5.41, 5.74) is 6.22. The molecule has 4 heterocycles. The molecule has 0 aliphatic carbocycles. The minimum Gasteiger partial charge on any atom is -0.390 e. The number of hydrogen-bond acceptors (Lipinski definition) is 8. The number of nitrogens with two attached hydrogens (primary N) is 1. The standard InChI is InChI=1S/C26H33N5O6/c27-16-6-11-30(12-7-16)22(33)5-8-26(37)9-13-29(14-10-26)17-1-2-18-19(15-17)25(36)31(24(18)35)20-3-4-21(32)28-23(20)34/h1-2,15-16,20,37H,3-14,27H2,(H,28,32,34). The van der Waals surface area contributed by atoms with Crippen molar-refractivity contribution in [1.82, 2.24) is 15.1 Å². The second kappa shape index (κ2) is 9.86. The van der Waals surface area contributed by atoms with Crippen LogP contribution in [-0.2, 0) is 14.4 Å². The Hall–Kier alpha value is -3.31. The summed E-state index contributed by atoms with van der Waals surface area (Å²) in [7, 11) is 0. The normalized spacial score (nSPS) is 24.4. The van der Waals surface area contributed by atoms with E-state index in [1.54, 1.807) is 18.2 Å². The molecule has 5 amide bonds. The van der Waals surface area contributed by atoms with Gasteiger partial charge >= 0.3 is 0 Å². The number of carbonyl (C=O) groups is 5. The molecule has 3 saturated heterocycles. The Morgan fingerprint density at radius 3 is 2.35 bits per heavy atom. The molecule has 4 aliphatic rings. The molecule has 0 radical (unpaired) electrons. The van der Waals surface area contributed by atoms with E-state index in [0.717, 1.165) is 23.4 Å². The SMILES string of the molecule is NC1CCN(C(=O)CCC2(O)CCN(c3ccc4c(c3)C(=O)N(C3CCC(=O)NC3=O)C4=O)CC2)CC1. The fourth-order valence-electron chi connectivity index (χ4n) is 5.73. The van der Waals surface area contributed by atoms with Gasteiger partial charge in [0.2, 0.25) is 17.7 Å². The first kappa shape index (κ1) is 25.3. The van der Waals surface area contributed by atoms with Crippen LogP contribution in [0.5, 0.6) is 0 Å². The maximum Gasteiger partial charge on any atom is 0.262 e. The number of rotatable bonds is 5. The largest absolute Gasteiger partial charge is 0.390 e. The van der Waals surface area contributed by atoms with Crippen LogP contribution >= 0.6 is 0 Å². The predicted octanol–water partition coefficient (Wildman–Crippen LogP) is 0.149. The lowest BCUT2D eigenvalue weighted by atomic mass is 9.86. The Morgan fingerprint density at radius 2 is 1.68 bits per heavy atom. The van der Waals surface area contributed by atoms with E-state index in [0.29, 0.717) is 51.9 Å². The molecule has 11 nitrogen and oxygen atoms in total. The zero-order valence-corrected chi connectivity index (χ0v) is 20.8. The van der Waals surface area contributed by atoms with E-state index in [1.807, 2.05) is 4.90 Å². The van der Waals surface area contributed by atoms with E-state index in [-0.39, 0.29) is 35.9 Å². The van der Waals surface area contributed by atoms with Gasteiger partial charge < -0.3 is 20.6 Å². The Bertz CT molecular complexity index is 1140. The third kappa shape index (κ3) is 4.97. The van der Waals surface area contributed by atoms with Gasteiger partial charge in [0, 0.05) is 50.7 Å². The van der Waals surface area contributed by atoms with Crippen LogP contribution < -0.4 is 16.0 Å². The van der Waals surface area contributed by atoms with Crippen molar-refractivity contribution in [3.05, 3.63) is 29.3 Å². The van der Waals surface area contributed by atoms with Gasteiger partial charge in [-0.3, -0.25) is 34.2 Å². The third-order valence-electron chi connectivity index (χ3n) is 8.18. The number of fused-ring (bicyclic) bond motifs is 1. The minimum atomic E-state index is -0.997. The molecule has 0 saturated carbocycles. The fraction of sp³-hybridized carbons (Fsp3) is 0.577. The molecule has 0 aromatic heterocycles. The second-order valence-electron chi connectivity index (χ2n) is 10.6. The third-order valence-corrected chi connectivity index (χ3v) is 8.18. The molecule has 4 aliphatic heterocycles. The van der Waals surface area contributed by atoms with E-state index in [4.69, 9.17) is 5.73 Å². The molecule has 198 valence electrons. The monoisotopic (exact) mass is 511 g/mol. The van der Waals surface area contributed by atoms with Crippen molar-refractivity contribution in [3.63, 3.8) is 0 Å². The first-order valence-corrected chi connectivity index (χ1v) is 13.0. The molecule has 1 atom stereocenters. The molecule has 1 unspecified atom stereocenters.